The zero-order chi connectivity index (χ0) is 24.2. The average molecular weight is 519 g/mol. The Labute approximate surface area is 212 Å². The standard InChI is InChI=1S/C24H30N4O3S3/c1-5-16-11-15(12-32-16)21-26-27-24(28(21)14(3)4)33-13-19(29)25-22-20(23(30)31-6-2)17-9-7-8-10-18(17)34-22/h11-12,14H,5-10,13H2,1-4H3,(H,25,29). The van der Waals surface area contributed by atoms with Gasteiger partial charge in [-0.2, -0.15) is 0 Å². The fourth-order valence-corrected chi connectivity index (χ4v) is 7.06. The fraction of sp³-hybridized carbons (Fsp3) is 0.500. The molecule has 182 valence electrons. The maximum Gasteiger partial charge on any atom is 0.341 e. The molecule has 4 rings (SSSR count). The number of carbonyl (C=O) groups is 2. The molecule has 7 nitrogen and oxygen atoms in total. The number of thioether (sulfide) groups is 1. The van der Waals surface area contributed by atoms with Crippen LogP contribution in [0, 0.1) is 0 Å². The van der Waals surface area contributed by atoms with Crippen LogP contribution in [-0.2, 0) is 28.8 Å². The third kappa shape index (κ3) is 5.23. The Morgan fingerprint density at radius 1 is 1.24 bits per heavy atom. The summed E-state index contributed by atoms with van der Waals surface area (Å²) in [6.07, 6.45) is 4.95. The predicted octanol–water partition coefficient (Wildman–Crippen LogP) is 6.00. The molecule has 0 spiro atoms. The van der Waals surface area contributed by atoms with E-state index in [1.54, 1.807) is 18.3 Å². The zero-order valence-electron chi connectivity index (χ0n) is 20.0. The summed E-state index contributed by atoms with van der Waals surface area (Å²) in [5, 5.41) is 15.2. The summed E-state index contributed by atoms with van der Waals surface area (Å²) in [5.74, 6) is 0.484. The molecule has 0 aliphatic heterocycles. The van der Waals surface area contributed by atoms with Gasteiger partial charge in [0, 0.05) is 26.7 Å². The number of aryl methyl sites for hydroxylation is 2. The van der Waals surface area contributed by atoms with Crippen molar-refractivity contribution in [3.8, 4) is 11.4 Å². The van der Waals surface area contributed by atoms with Gasteiger partial charge >= 0.3 is 5.97 Å². The third-order valence-corrected chi connectivity index (χ3v) is 8.91. The summed E-state index contributed by atoms with van der Waals surface area (Å²) in [5.41, 5.74) is 2.64. The van der Waals surface area contributed by atoms with Gasteiger partial charge in [0.2, 0.25) is 5.91 Å². The number of thiophene rings is 2. The summed E-state index contributed by atoms with van der Waals surface area (Å²) in [7, 11) is 0. The van der Waals surface area contributed by atoms with Gasteiger partial charge < -0.3 is 10.1 Å². The van der Waals surface area contributed by atoms with Crippen molar-refractivity contribution in [1.29, 1.82) is 0 Å². The van der Waals surface area contributed by atoms with Crippen molar-refractivity contribution in [3.05, 3.63) is 32.3 Å². The van der Waals surface area contributed by atoms with Crippen molar-refractivity contribution in [2.24, 2.45) is 0 Å². The van der Waals surface area contributed by atoms with Gasteiger partial charge in [0.15, 0.2) is 11.0 Å². The van der Waals surface area contributed by atoms with Crippen molar-refractivity contribution in [2.75, 3.05) is 17.7 Å². The Morgan fingerprint density at radius 2 is 2.03 bits per heavy atom. The molecular formula is C24H30N4O3S3. The number of nitrogens with one attached hydrogen (secondary N) is 1. The first kappa shape index (κ1) is 24.9. The lowest BCUT2D eigenvalue weighted by molar-refractivity contribution is -0.113. The number of ether oxygens (including phenoxy) is 1. The van der Waals surface area contributed by atoms with Gasteiger partial charge in [0.25, 0.3) is 0 Å². The first-order chi connectivity index (χ1) is 16.4. The fourth-order valence-electron chi connectivity index (χ4n) is 4.09. The summed E-state index contributed by atoms with van der Waals surface area (Å²) in [4.78, 5) is 28.0. The van der Waals surface area contributed by atoms with Crippen LogP contribution in [0.5, 0.6) is 0 Å². The Balaban J connectivity index is 1.50. The van der Waals surface area contributed by atoms with Crippen molar-refractivity contribution in [1.82, 2.24) is 14.8 Å². The molecule has 3 aromatic rings. The van der Waals surface area contributed by atoms with Crippen LogP contribution in [0.2, 0.25) is 0 Å². The molecule has 1 aliphatic rings. The van der Waals surface area contributed by atoms with E-state index in [1.165, 1.54) is 32.9 Å². The first-order valence-corrected chi connectivity index (χ1v) is 14.4. The van der Waals surface area contributed by atoms with E-state index in [0.717, 1.165) is 49.1 Å². The topological polar surface area (TPSA) is 86.1 Å². The van der Waals surface area contributed by atoms with Crippen molar-refractivity contribution < 1.29 is 14.3 Å². The van der Waals surface area contributed by atoms with Crippen LogP contribution >= 0.6 is 34.4 Å². The molecule has 0 fully saturated rings. The molecule has 0 atom stereocenters. The second kappa shape index (κ2) is 11.0. The van der Waals surface area contributed by atoms with Crippen LogP contribution in [0.15, 0.2) is 16.6 Å². The van der Waals surface area contributed by atoms with Crippen LogP contribution in [0.3, 0.4) is 0 Å². The third-order valence-electron chi connectivity index (χ3n) is 5.68. The number of fused-ring (bicyclic) bond motifs is 1. The number of rotatable bonds is 9. The second-order valence-corrected chi connectivity index (χ2v) is 11.4. The Morgan fingerprint density at radius 3 is 2.74 bits per heavy atom. The maximum atomic E-state index is 12.9. The van der Waals surface area contributed by atoms with E-state index in [4.69, 9.17) is 4.74 Å². The largest absolute Gasteiger partial charge is 0.462 e. The molecule has 0 bridgehead atoms. The van der Waals surface area contributed by atoms with Crippen molar-refractivity contribution >= 4 is 51.3 Å². The molecule has 0 saturated carbocycles. The van der Waals surface area contributed by atoms with Gasteiger partial charge in [-0.1, -0.05) is 18.7 Å². The molecule has 1 aliphatic carbocycles. The Kier molecular flexibility index (Phi) is 8.10. The number of hydrogen-bond donors (Lipinski definition) is 1. The molecule has 0 aromatic carbocycles. The van der Waals surface area contributed by atoms with Gasteiger partial charge in [-0.25, -0.2) is 4.79 Å². The molecule has 1 amide bonds. The van der Waals surface area contributed by atoms with E-state index < -0.39 is 0 Å². The monoisotopic (exact) mass is 518 g/mol. The minimum Gasteiger partial charge on any atom is -0.462 e. The minimum absolute atomic E-state index is 0.153. The lowest BCUT2D eigenvalue weighted by Crippen LogP contribution is -2.17. The Bertz CT molecular complexity index is 1180. The molecule has 34 heavy (non-hydrogen) atoms. The molecule has 3 heterocycles. The summed E-state index contributed by atoms with van der Waals surface area (Å²) in [6, 6.07) is 2.31. The number of hydrogen-bond acceptors (Lipinski definition) is 8. The first-order valence-electron chi connectivity index (χ1n) is 11.7. The highest BCUT2D eigenvalue weighted by atomic mass is 32.2. The number of aromatic nitrogens is 3. The van der Waals surface area contributed by atoms with E-state index in [-0.39, 0.29) is 23.7 Å². The van der Waals surface area contributed by atoms with E-state index in [2.05, 4.69) is 52.3 Å². The molecule has 0 radical (unpaired) electrons. The molecule has 0 unspecified atom stereocenters. The quantitative estimate of drug-likeness (QED) is 0.276. The maximum absolute atomic E-state index is 12.9. The van der Waals surface area contributed by atoms with E-state index in [1.807, 2.05) is 0 Å². The molecule has 1 N–H and O–H groups in total. The summed E-state index contributed by atoms with van der Waals surface area (Å²) < 4.78 is 7.37. The van der Waals surface area contributed by atoms with Crippen LogP contribution in [0.4, 0.5) is 5.00 Å². The van der Waals surface area contributed by atoms with Gasteiger partial charge in [-0.15, -0.1) is 32.9 Å². The smallest absolute Gasteiger partial charge is 0.341 e. The Hall–Kier alpha value is -2.17. The highest BCUT2D eigenvalue weighted by Crippen LogP contribution is 2.39. The lowest BCUT2D eigenvalue weighted by atomic mass is 9.95. The summed E-state index contributed by atoms with van der Waals surface area (Å²) in [6.45, 7) is 8.42. The number of nitrogens with zero attached hydrogens (tertiary/aromatic N) is 3. The van der Waals surface area contributed by atoms with Crippen LogP contribution < -0.4 is 5.32 Å². The van der Waals surface area contributed by atoms with Gasteiger partial charge in [0.05, 0.1) is 17.9 Å². The highest BCUT2D eigenvalue weighted by Gasteiger charge is 2.27. The molecule has 10 heteroatoms. The lowest BCUT2D eigenvalue weighted by Gasteiger charge is -2.13. The van der Waals surface area contributed by atoms with Crippen LogP contribution in [0.1, 0.15) is 72.3 Å². The van der Waals surface area contributed by atoms with Crippen LogP contribution in [-0.4, -0.2) is 39.0 Å². The van der Waals surface area contributed by atoms with Gasteiger partial charge in [0.1, 0.15) is 5.00 Å². The highest BCUT2D eigenvalue weighted by molar-refractivity contribution is 7.99. The van der Waals surface area contributed by atoms with E-state index in [9.17, 15) is 9.59 Å². The van der Waals surface area contributed by atoms with Crippen molar-refractivity contribution in [3.63, 3.8) is 0 Å². The average Bonchev–Trinajstić information content (AvgIpc) is 3.53. The zero-order valence-corrected chi connectivity index (χ0v) is 22.4. The molecule has 0 saturated heterocycles. The number of anilines is 1. The van der Waals surface area contributed by atoms with E-state index >= 15 is 0 Å². The summed E-state index contributed by atoms with van der Waals surface area (Å²) >= 11 is 4.59. The van der Waals surface area contributed by atoms with Crippen LogP contribution in [0.25, 0.3) is 11.4 Å². The molecule has 3 aromatic heterocycles. The normalized spacial score (nSPS) is 13.2. The predicted molar refractivity (Wildman–Crippen MR) is 139 cm³/mol. The number of carbonyl (C=O) groups excluding carboxylic acids is 2. The van der Waals surface area contributed by atoms with Gasteiger partial charge in [-0.3, -0.25) is 9.36 Å². The second-order valence-electron chi connectivity index (χ2n) is 8.40. The number of amides is 1. The number of esters is 1. The van der Waals surface area contributed by atoms with E-state index in [0.29, 0.717) is 22.3 Å². The minimum atomic E-state index is -0.351. The molecular weight excluding hydrogens is 488 g/mol. The SMILES string of the molecule is CCOC(=O)c1c(NC(=O)CSc2nnc(-c3csc(CC)c3)n2C(C)C)sc2c1CCCC2. The van der Waals surface area contributed by atoms with Crippen molar-refractivity contribution in [2.45, 2.75) is 71.0 Å². The van der Waals surface area contributed by atoms with Gasteiger partial charge in [-0.05, 0) is 64.5 Å².